The molecule has 0 spiro atoms. The Labute approximate surface area is 246 Å². The van der Waals surface area contributed by atoms with E-state index in [1.807, 2.05) is 36.4 Å². The van der Waals surface area contributed by atoms with Crippen molar-refractivity contribution in [3.63, 3.8) is 0 Å². The number of fused-ring (bicyclic) bond motifs is 1. The van der Waals surface area contributed by atoms with Gasteiger partial charge in [0.25, 0.3) is 5.91 Å². The molecule has 4 aromatic rings. The number of methoxy groups -OCH3 is 1. The van der Waals surface area contributed by atoms with Crippen molar-refractivity contribution in [1.29, 1.82) is 0 Å². The van der Waals surface area contributed by atoms with Crippen LogP contribution in [0.4, 0.5) is 8.78 Å². The van der Waals surface area contributed by atoms with Crippen molar-refractivity contribution in [2.24, 2.45) is 0 Å². The molecule has 1 saturated carbocycles. The minimum Gasteiger partial charge on any atom is -0.496 e. The van der Waals surface area contributed by atoms with Gasteiger partial charge >= 0.3 is 0 Å². The lowest BCUT2D eigenvalue weighted by molar-refractivity contribution is 0.0604. The number of carbonyl (C=O) groups is 1. The quantitative estimate of drug-likeness (QED) is 0.206. The third kappa shape index (κ3) is 5.73. The Hall–Kier alpha value is -2.65. The van der Waals surface area contributed by atoms with Crippen LogP contribution in [0.25, 0.3) is 21.2 Å². The Morgan fingerprint density at radius 2 is 1.80 bits per heavy atom. The summed E-state index contributed by atoms with van der Waals surface area (Å²) in [6.45, 7) is 0.280. The molecule has 9 heteroatoms. The maximum atomic E-state index is 14.7. The second-order valence-corrected chi connectivity index (χ2v) is 12.2. The van der Waals surface area contributed by atoms with E-state index in [1.165, 1.54) is 0 Å². The first kappa shape index (κ1) is 28.9. The van der Waals surface area contributed by atoms with E-state index in [0.29, 0.717) is 11.8 Å². The molecule has 0 radical (unpaired) electrons. The summed E-state index contributed by atoms with van der Waals surface area (Å²) in [5, 5.41) is 3.26. The second kappa shape index (κ2) is 12.5. The molecule has 1 N–H and O–H groups in total. The van der Waals surface area contributed by atoms with Crippen LogP contribution in [-0.4, -0.2) is 43.3 Å². The van der Waals surface area contributed by atoms with Crippen LogP contribution in [-0.2, 0) is 6.54 Å². The lowest BCUT2D eigenvalue weighted by Crippen LogP contribution is -2.44. The lowest BCUT2D eigenvalue weighted by atomic mass is 9.89. The van der Waals surface area contributed by atoms with Crippen molar-refractivity contribution in [1.82, 2.24) is 10.2 Å². The third-order valence-corrected chi connectivity index (χ3v) is 10.1. The molecule has 0 bridgehead atoms. The summed E-state index contributed by atoms with van der Waals surface area (Å²) in [7, 11) is 3.57. The van der Waals surface area contributed by atoms with Gasteiger partial charge in [0.05, 0.1) is 22.2 Å². The Morgan fingerprint density at radius 3 is 2.48 bits per heavy atom. The van der Waals surface area contributed by atoms with Gasteiger partial charge in [-0.15, -0.1) is 23.1 Å². The first-order valence-corrected chi connectivity index (χ1v) is 15.6. The summed E-state index contributed by atoms with van der Waals surface area (Å²) in [6, 6.07) is 16.8. The molecule has 1 aromatic heterocycles. The van der Waals surface area contributed by atoms with Crippen LogP contribution in [0.2, 0.25) is 5.02 Å². The minimum atomic E-state index is -0.639. The molecule has 0 aliphatic heterocycles. The summed E-state index contributed by atoms with van der Waals surface area (Å²) in [4.78, 5) is 17.3. The number of hydrogen-bond acceptors (Lipinski definition) is 5. The zero-order valence-electron chi connectivity index (χ0n) is 22.6. The molecule has 210 valence electrons. The van der Waals surface area contributed by atoms with E-state index in [9.17, 15) is 13.6 Å². The van der Waals surface area contributed by atoms with Crippen molar-refractivity contribution in [2.45, 2.75) is 49.2 Å². The van der Waals surface area contributed by atoms with Gasteiger partial charge in [0.1, 0.15) is 22.3 Å². The van der Waals surface area contributed by atoms with Gasteiger partial charge in [-0.3, -0.25) is 4.79 Å². The number of ether oxygens (including phenoxy) is 1. The number of thioether (sulfide) groups is 1. The van der Waals surface area contributed by atoms with E-state index < -0.39 is 11.6 Å². The van der Waals surface area contributed by atoms with E-state index in [2.05, 4.69) is 29.6 Å². The standard InChI is InChI=1S/C31H31ClF2N2O2S2/c1-35-21-8-10-22(11-9-21)36(31(37)30-28(32)27-24(33)12-13-25(34)29(27)40-30)17-20-15-19(7-14-26(20)38-2)18-5-4-6-23(16-18)39-3/h4-7,12-16,21-22,35H,8-11,17H2,1-3H3/t21-,22-. The lowest BCUT2D eigenvalue weighted by Gasteiger charge is -2.37. The maximum absolute atomic E-state index is 14.7. The van der Waals surface area contributed by atoms with Gasteiger partial charge in [0.2, 0.25) is 0 Å². The molecular weight excluding hydrogens is 570 g/mol. The number of halogens is 3. The molecule has 40 heavy (non-hydrogen) atoms. The van der Waals surface area contributed by atoms with Crippen LogP contribution in [0.3, 0.4) is 0 Å². The summed E-state index contributed by atoms with van der Waals surface area (Å²) < 4.78 is 35.0. The number of amides is 1. The highest BCUT2D eigenvalue weighted by atomic mass is 35.5. The molecule has 1 fully saturated rings. The monoisotopic (exact) mass is 600 g/mol. The number of benzene rings is 3. The van der Waals surface area contributed by atoms with Gasteiger partial charge in [0, 0.05) is 29.1 Å². The van der Waals surface area contributed by atoms with E-state index in [-0.39, 0.29) is 38.5 Å². The normalized spacial score (nSPS) is 17.2. The van der Waals surface area contributed by atoms with Gasteiger partial charge in [0.15, 0.2) is 0 Å². The smallest absolute Gasteiger partial charge is 0.266 e. The number of carbonyl (C=O) groups excluding carboxylic acids is 1. The molecule has 0 atom stereocenters. The van der Waals surface area contributed by atoms with Gasteiger partial charge in [-0.2, -0.15) is 0 Å². The molecule has 0 saturated heterocycles. The van der Waals surface area contributed by atoms with Crippen molar-refractivity contribution in [3.8, 4) is 16.9 Å². The maximum Gasteiger partial charge on any atom is 0.266 e. The van der Waals surface area contributed by atoms with Gasteiger partial charge in [-0.05, 0) is 86.5 Å². The van der Waals surface area contributed by atoms with Crippen LogP contribution < -0.4 is 10.1 Å². The van der Waals surface area contributed by atoms with Crippen LogP contribution in [0.1, 0.15) is 40.9 Å². The second-order valence-electron chi connectivity index (χ2n) is 9.96. The Bertz CT molecular complexity index is 1540. The predicted octanol–water partition coefficient (Wildman–Crippen LogP) is 8.40. The van der Waals surface area contributed by atoms with E-state index in [1.54, 1.807) is 18.9 Å². The first-order valence-electron chi connectivity index (χ1n) is 13.2. The van der Waals surface area contributed by atoms with Crippen LogP contribution in [0.15, 0.2) is 59.5 Å². The fourth-order valence-corrected chi connectivity index (χ4v) is 7.44. The molecule has 0 unspecified atom stereocenters. The van der Waals surface area contributed by atoms with E-state index in [4.69, 9.17) is 16.3 Å². The summed E-state index contributed by atoms with van der Waals surface area (Å²) in [5.41, 5.74) is 2.94. The zero-order valence-corrected chi connectivity index (χ0v) is 25.0. The largest absolute Gasteiger partial charge is 0.496 e. The summed E-state index contributed by atoms with van der Waals surface area (Å²) >= 11 is 9.16. The van der Waals surface area contributed by atoms with E-state index in [0.717, 1.165) is 70.7 Å². The molecule has 1 aliphatic carbocycles. The summed E-state index contributed by atoms with van der Waals surface area (Å²) in [5.74, 6) is -0.884. The molecule has 3 aromatic carbocycles. The fourth-order valence-electron chi connectivity index (χ4n) is 5.48. The Balaban J connectivity index is 1.56. The SMILES string of the molecule is CN[C@H]1CC[C@H](N(Cc2cc(-c3cccc(SC)c3)ccc2OC)C(=O)c2sc3c(F)ccc(F)c3c2Cl)CC1. The minimum absolute atomic E-state index is 0.0366. The van der Waals surface area contributed by atoms with Crippen LogP contribution >= 0.6 is 34.7 Å². The highest BCUT2D eigenvalue weighted by molar-refractivity contribution is 7.98. The highest BCUT2D eigenvalue weighted by Crippen LogP contribution is 2.40. The van der Waals surface area contributed by atoms with Crippen molar-refractivity contribution in [2.75, 3.05) is 20.4 Å². The average Bonchev–Trinajstić information content (AvgIpc) is 3.35. The molecule has 1 aliphatic rings. The van der Waals surface area contributed by atoms with Gasteiger partial charge in [-0.25, -0.2) is 8.78 Å². The molecule has 1 amide bonds. The zero-order chi connectivity index (χ0) is 28.4. The molecular formula is C31H31ClF2N2O2S2. The van der Waals surface area contributed by atoms with Crippen LogP contribution in [0.5, 0.6) is 5.75 Å². The van der Waals surface area contributed by atoms with Crippen molar-refractivity contribution in [3.05, 3.63) is 81.7 Å². The number of nitrogens with zero attached hydrogens (tertiary/aromatic N) is 1. The number of nitrogens with one attached hydrogen (secondary N) is 1. The average molecular weight is 601 g/mol. The Kier molecular flexibility index (Phi) is 9.00. The molecule has 5 rings (SSSR count). The predicted molar refractivity (Wildman–Crippen MR) is 162 cm³/mol. The molecule has 4 nitrogen and oxygen atoms in total. The third-order valence-electron chi connectivity index (χ3n) is 7.71. The van der Waals surface area contributed by atoms with Crippen molar-refractivity contribution < 1.29 is 18.3 Å². The number of rotatable bonds is 8. The topological polar surface area (TPSA) is 41.6 Å². The Morgan fingerprint density at radius 1 is 1.07 bits per heavy atom. The van der Waals surface area contributed by atoms with E-state index >= 15 is 0 Å². The van der Waals surface area contributed by atoms with Gasteiger partial charge < -0.3 is 15.0 Å². The summed E-state index contributed by atoms with van der Waals surface area (Å²) in [6.07, 6.45) is 5.50. The fraction of sp³-hybridized carbons (Fsp3) is 0.323. The highest BCUT2D eigenvalue weighted by Gasteiger charge is 2.33. The molecule has 1 heterocycles. The number of thiophene rings is 1. The van der Waals surface area contributed by atoms with Gasteiger partial charge in [-0.1, -0.05) is 29.8 Å². The number of hydrogen-bond donors (Lipinski definition) is 1. The van der Waals surface area contributed by atoms with Crippen LogP contribution in [0, 0.1) is 11.6 Å². The first-order chi connectivity index (χ1) is 19.3. The van der Waals surface area contributed by atoms with Crippen molar-refractivity contribution >= 4 is 50.7 Å².